The number of esters is 1. The first kappa shape index (κ1) is 12.2. The van der Waals surface area contributed by atoms with Gasteiger partial charge in [-0.3, -0.25) is 4.79 Å². The van der Waals surface area contributed by atoms with E-state index in [9.17, 15) is 4.79 Å². The number of rotatable bonds is 1. The van der Waals surface area contributed by atoms with Crippen molar-refractivity contribution >= 4 is 43.4 Å². The van der Waals surface area contributed by atoms with Gasteiger partial charge in [-0.25, -0.2) is 0 Å². The van der Waals surface area contributed by atoms with Crippen LogP contribution >= 0.6 is 15.9 Å². The molecule has 0 spiro atoms. The molecule has 0 bridgehead atoms. The molecule has 0 aliphatic carbocycles. The Hall–Kier alpha value is -1.87. The van der Waals surface area contributed by atoms with E-state index in [1.54, 1.807) is 0 Å². The summed E-state index contributed by atoms with van der Waals surface area (Å²) in [7, 11) is 0. The summed E-state index contributed by atoms with van der Waals surface area (Å²) >= 11 is 3.43. The van der Waals surface area contributed by atoms with Crippen molar-refractivity contribution in [1.82, 2.24) is 0 Å². The van der Waals surface area contributed by atoms with Crippen LogP contribution in [0.3, 0.4) is 0 Å². The molecule has 0 saturated heterocycles. The van der Waals surface area contributed by atoms with E-state index in [0.29, 0.717) is 5.75 Å². The zero-order valence-electron chi connectivity index (χ0n) is 10.3. The molecule has 3 aromatic carbocycles. The molecular formula is C16H11BrO2. The molecule has 19 heavy (non-hydrogen) atoms. The van der Waals surface area contributed by atoms with E-state index in [4.69, 9.17) is 4.74 Å². The van der Waals surface area contributed by atoms with Crippen LogP contribution in [0.25, 0.3) is 21.5 Å². The van der Waals surface area contributed by atoms with Crippen LogP contribution in [0.5, 0.6) is 5.75 Å². The average Bonchev–Trinajstić information content (AvgIpc) is 2.37. The van der Waals surface area contributed by atoms with E-state index >= 15 is 0 Å². The van der Waals surface area contributed by atoms with Crippen molar-refractivity contribution in [2.45, 2.75) is 6.92 Å². The maximum atomic E-state index is 11.1. The van der Waals surface area contributed by atoms with Crippen molar-refractivity contribution in [1.29, 1.82) is 0 Å². The molecule has 94 valence electrons. The molecule has 0 aliphatic heterocycles. The molecule has 0 aromatic heterocycles. The van der Waals surface area contributed by atoms with Gasteiger partial charge in [-0.15, -0.1) is 0 Å². The van der Waals surface area contributed by atoms with Gasteiger partial charge in [0.25, 0.3) is 0 Å². The molecule has 0 N–H and O–H groups in total. The van der Waals surface area contributed by atoms with E-state index in [1.807, 2.05) is 24.3 Å². The SMILES string of the molecule is CC(=O)Oc1cc2cc3ccccc3cc2cc1Br. The van der Waals surface area contributed by atoms with Crippen LogP contribution in [0.15, 0.2) is 53.0 Å². The number of ether oxygens (including phenoxy) is 1. The molecular weight excluding hydrogens is 304 g/mol. The molecule has 2 nitrogen and oxygen atoms in total. The maximum Gasteiger partial charge on any atom is 0.308 e. The second-order valence-corrected chi connectivity index (χ2v) is 5.28. The first-order valence-corrected chi connectivity index (χ1v) is 6.73. The quantitative estimate of drug-likeness (QED) is 0.370. The molecule has 3 aromatic rings. The van der Waals surface area contributed by atoms with Gasteiger partial charge in [0.2, 0.25) is 0 Å². The topological polar surface area (TPSA) is 26.3 Å². The van der Waals surface area contributed by atoms with Gasteiger partial charge < -0.3 is 4.74 Å². The minimum atomic E-state index is -0.319. The first-order chi connectivity index (χ1) is 9.13. The van der Waals surface area contributed by atoms with Gasteiger partial charge in [0.05, 0.1) is 4.47 Å². The second kappa shape index (κ2) is 4.67. The van der Waals surface area contributed by atoms with E-state index in [-0.39, 0.29) is 5.97 Å². The van der Waals surface area contributed by atoms with Crippen LogP contribution in [0, 0.1) is 0 Å². The molecule has 0 unspecified atom stereocenters. The summed E-state index contributed by atoms with van der Waals surface area (Å²) in [4.78, 5) is 11.1. The average molecular weight is 315 g/mol. The Morgan fingerprint density at radius 1 is 0.947 bits per heavy atom. The van der Waals surface area contributed by atoms with Gasteiger partial charge in [0, 0.05) is 6.92 Å². The summed E-state index contributed by atoms with van der Waals surface area (Å²) in [6, 6.07) is 16.3. The van der Waals surface area contributed by atoms with Gasteiger partial charge in [0.1, 0.15) is 5.75 Å². The molecule has 0 aliphatic rings. The Morgan fingerprint density at radius 2 is 1.53 bits per heavy atom. The molecule has 0 atom stereocenters. The third-order valence-electron chi connectivity index (χ3n) is 3.01. The number of fused-ring (bicyclic) bond motifs is 2. The normalized spacial score (nSPS) is 10.8. The Bertz CT molecular complexity index is 793. The highest BCUT2D eigenvalue weighted by Crippen LogP contribution is 2.32. The molecule has 3 rings (SSSR count). The number of carbonyl (C=O) groups excluding carboxylic acids is 1. The van der Waals surface area contributed by atoms with E-state index in [1.165, 1.54) is 17.7 Å². The Morgan fingerprint density at radius 3 is 2.11 bits per heavy atom. The number of hydrogen-bond acceptors (Lipinski definition) is 2. The van der Waals surface area contributed by atoms with Crippen molar-refractivity contribution in [3.05, 3.63) is 53.0 Å². The molecule has 0 fully saturated rings. The number of benzene rings is 3. The molecule has 0 radical (unpaired) electrons. The molecule has 0 amide bonds. The lowest BCUT2D eigenvalue weighted by Crippen LogP contribution is -2.01. The first-order valence-electron chi connectivity index (χ1n) is 5.94. The lowest BCUT2D eigenvalue weighted by Gasteiger charge is -2.08. The van der Waals surface area contributed by atoms with Gasteiger partial charge in [-0.1, -0.05) is 24.3 Å². The fraction of sp³-hybridized carbons (Fsp3) is 0.0625. The molecule has 3 heteroatoms. The summed E-state index contributed by atoms with van der Waals surface area (Å²) in [5, 5.41) is 4.54. The number of carbonyl (C=O) groups is 1. The zero-order valence-corrected chi connectivity index (χ0v) is 11.9. The van der Waals surface area contributed by atoms with Gasteiger partial charge in [-0.2, -0.15) is 0 Å². The van der Waals surface area contributed by atoms with Crippen molar-refractivity contribution in [2.75, 3.05) is 0 Å². The van der Waals surface area contributed by atoms with Crippen LogP contribution in [-0.4, -0.2) is 5.97 Å². The molecule has 0 heterocycles. The highest BCUT2D eigenvalue weighted by Gasteiger charge is 2.07. The largest absolute Gasteiger partial charge is 0.425 e. The Labute approximate surface area is 119 Å². The third-order valence-corrected chi connectivity index (χ3v) is 3.63. The minimum absolute atomic E-state index is 0.319. The predicted octanol–water partition coefficient (Wildman–Crippen LogP) is 4.68. The van der Waals surface area contributed by atoms with E-state index in [2.05, 4.69) is 40.2 Å². The lowest BCUT2D eigenvalue weighted by atomic mass is 10.0. The van der Waals surface area contributed by atoms with Crippen molar-refractivity contribution in [2.24, 2.45) is 0 Å². The van der Waals surface area contributed by atoms with Gasteiger partial charge in [0.15, 0.2) is 0 Å². The number of hydrogen-bond donors (Lipinski definition) is 0. The van der Waals surface area contributed by atoms with Crippen LogP contribution < -0.4 is 4.74 Å². The minimum Gasteiger partial charge on any atom is -0.425 e. The summed E-state index contributed by atoms with van der Waals surface area (Å²) in [6.07, 6.45) is 0. The van der Waals surface area contributed by atoms with Crippen LogP contribution in [-0.2, 0) is 4.79 Å². The van der Waals surface area contributed by atoms with E-state index in [0.717, 1.165) is 15.2 Å². The standard InChI is InChI=1S/C16H11BrO2/c1-10(18)19-16-9-14-7-12-5-3-2-4-11(12)6-13(14)8-15(16)17/h2-9H,1H3. The maximum absolute atomic E-state index is 11.1. The Kier molecular flexibility index (Phi) is 2.99. The summed E-state index contributed by atoms with van der Waals surface area (Å²) in [5.41, 5.74) is 0. The highest BCUT2D eigenvalue weighted by atomic mass is 79.9. The number of halogens is 1. The zero-order chi connectivity index (χ0) is 13.4. The summed E-state index contributed by atoms with van der Waals surface area (Å²) < 4.78 is 5.96. The second-order valence-electron chi connectivity index (χ2n) is 4.42. The summed E-state index contributed by atoms with van der Waals surface area (Å²) in [6.45, 7) is 1.40. The van der Waals surface area contributed by atoms with Crippen molar-refractivity contribution in [3.63, 3.8) is 0 Å². The van der Waals surface area contributed by atoms with Crippen molar-refractivity contribution in [3.8, 4) is 5.75 Å². The predicted molar refractivity (Wildman–Crippen MR) is 80.5 cm³/mol. The third kappa shape index (κ3) is 2.34. The monoisotopic (exact) mass is 314 g/mol. The smallest absolute Gasteiger partial charge is 0.308 e. The van der Waals surface area contributed by atoms with Gasteiger partial charge >= 0.3 is 5.97 Å². The Balaban J connectivity index is 2.26. The van der Waals surface area contributed by atoms with Crippen LogP contribution in [0.4, 0.5) is 0 Å². The van der Waals surface area contributed by atoms with Gasteiger partial charge in [-0.05, 0) is 61.7 Å². The van der Waals surface area contributed by atoms with Crippen molar-refractivity contribution < 1.29 is 9.53 Å². The summed E-state index contributed by atoms with van der Waals surface area (Å²) in [5.74, 6) is 0.233. The van der Waals surface area contributed by atoms with E-state index < -0.39 is 0 Å². The fourth-order valence-corrected chi connectivity index (χ4v) is 2.62. The fourth-order valence-electron chi connectivity index (χ4n) is 2.18. The lowest BCUT2D eigenvalue weighted by molar-refractivity contribution is -0.131. The van der Waals surface area contributed by atoms with Crippen LogP contribution in [0.2, 0.25) is 0 Å². The molecule has 0 saturated carbocycles. The highest BCUT2D eigenvalue weighted by molar-refractivity contribution is 9.10. The van der Waals surface area contributed by atoms with Crippen LogP contribution in [0.1, 0.15) is 6.92 Å².